The Morgan fingerprint density at radius 3 is 2.48 bits per heavy atom. The van der Waals surface area contributed by atoms with E-state index in [1.165, 1.54) is 11.8 Å². The summed E-state index contributed by atoms with van der Waals surface area (Å²) in [6, 6.07) is 24.1. The van der Waals surface area contributed by atoms with Crippen molar-refractivity contribution in [1.82, 2.24) is 9.66 Å². The van der Waals surface area contributed by atoms with E-state index in [9.17, 15) is 9.59 Å². The van der Waals surface area contributed by atoms with Crippen molar-refractivity contribution in [1.29, 1.82) is 0 Å². The molecule has 5 aromatic rings. The molecule has 9 nitrogen and oxygen atoms in total. The lowest BCUT2D eigenvalue weighted by Crippen LogP contribution is -2.21. The number of aromatic nitrogens is 2. The van der Waals surface area contributed by atoms with Gasteiger partial charge in [0.15, 0.2) is 23.9 Å². The Morgan fingerprint density at radius 2 is 1.77 bits per heavy atom. The highest BCUT2D eigenvalue weighted by atomic mass is 16.5. The van der Waals surface area contributed by atoms with Gasteiger partial charge in [0, 0.05) is 16.8 Å². The number of rotatable bonds is 13. The molecule has 0 bridgehead atoms. The van der Waals surface area contributed by atoms with Crippen LogP contribution in [0.5, 0.6) is 17.2 Å². The summed E-state index contributed by atoms with van der Waals surface area (Å²) >= 11 is 0. The number of aryl methyl sites for hydroxylation is 1. The molecule has 0 aliphatic carbocycles. The Labute approximate surface area is 280 Å². The number of fused-ring (bicyclic) bond motifs is 1. The van der Waals surface area contributed by atoms with Crippen molar-refractivity contribution in [3.63, 3.8) is 0 Å². The maximum Gasteiger partial charge on any atom is 0.282 e. The highest BCUT2D eigenvalue weighted by molar-refractivity contribution is 5.92. The second-order valence-electron chi connectivity index (χ2n) is 11.5. The van der Waals surface area contributed by atoms with Crippen LogP contribution in [0.15, 0.2) is 101 Å². The number of hydrogen-bond acceptors (Lipinski definition) is 7. The van der Waals surface area contributed by atoms with Crippen molar-refractivity contribution in [2.45, 2.75) is 40.0 Å². The van der Waals surface area contributed by atoms with E-state index in [0.717, 1.165) is 28.0 Å². The minimum Gasteiger partial charge on any atom is -0.494 e. The average molecular weight is 645 g/mol. The molecule has 0 atom stereocenters. The molecule has 0 aliphatic heterocycles. The molecule has 0 saturated carbocycles. The number of benzene rings is 4. The molecule has 246 valence electrons. The highest BCUT2D eigenvalue weighted by Crippen LogP contribution is 2.35. The van der Waals surface area contributed by atoms with Gasteiger partial charge in [-0.15, -0.1) is 6.58 Å². The van der Waals surface area contributed by atoms with Gasteiger partial charge in [-0.3, -0.25) is 9.59 Å². The van der Waals surface area contributed by atoms with E-state index >= 15 is 0 Å². The molecule has 48 heavy (non-hydrogen) atoms. The standard InChI is InChI=1S/C39H40N4O5/c1-7-14-28-20-27(21-35(46-6)37(28)48-24-36(44)41-29-15-10-9-11-16-29)23-40-43-38(42-33-18-13-12-17-30(33)39(43)45)32-22-31(25(3)4)34(47-8-2)19-26(32)5/h7,9-13,15-23,25H,1,8,14,24H2,2-6H3,(H,41,44). The highest BCUT2D eigenvalue weighted by Gasteiger charge is 2.19. The summed E-state index contributed by atoms with van der Waals surface area (Å²) in [5, 5.41) is 7.97. The number of allylic oxidation sites excluding steroid dienone is 1. The van der Waals surface area contributed by atoms with E-state index in [1.54, 1.807) is 36.6 Å². The molecule has 0 fully saturated rings. The number of nitrogens with one attached hydrogen (secondary N) is 1. The topological polar surface area (TPSA) is 104 Å². The van der Waals surface area contributed by atoms with Crippen LogP contribution in [0.4, 0.5) is 5.69 Å². The molecule has 0 unspecified atom stereocenters. The van der Waals surface area contributed by atoms with Gasteiger partial charge in [0.1, 0.15) is 5.75 Å². The van der Waals surface area contributed by atoms with Gasteiger partial charge in [0.05, 0.1) is 30.8 Å². The summed E-state index contributed by atoms with van der Waals surface area (Å²) in [5.74, 6) is 1.94. The van der Waals surface area contributed by atoms with Crippen LogP contribution >= 0.6 is 0 Å². The van der Waals surface area contributed by atoms with Crippen LogP contribution in [0, 0.1) is 6.92 Å². The zero-order valence-electron chi connectivity index (χ0n) is 27.9. The zero-order valence-corrected chi connectivity index (χ0v) is 27.9. The second kappa shape index (κ2) is 15.3. The first-order chi connectivity index (χ1) is 23.2. The Morgan fingerprint density at radius 1 is 1.02 bits per heavy atom. The molecular weight excluding hydrogens is 604 g/mol. The predicted molar refractivity (Wildman–Crippen MR) is 192 cm³/mol. The molecule has 4 aromatic carbocycles. The van der Waals surface area contributed by atoms with Crippen molar-refractivity contribution in [3.05, 3.63) is 124 Å². The molecular formula is C39H40N4O5. The van der Waals surface area contributed by atoms with Crippen molar-refractivity contribution in [2.24, 2.45) is 5.10 Å². The Kier molecular flexibility index (Phi) is 10.7. The normalized spacial score (nSPS) is 11.2. The Bertz CT molecular complexity index is 2030. The van der Waals surface area contributed by atoms with Crippen LogP contribution in [-0.2, 0) is 11.2 Å². The van der Waals surface area contributed by atoms with Crippen LogP contribution in [0.2, 0.25) is 0 Å². The molecule has 0 aliphatic rings. The lowest BCUT2D eigenvalue weighted by atomic mass is 9.96. The fourth-order valence-corrected chi connectivity index (χ4v) is 5.44. The van der Waals surface area contributed by atoms with E-state index in [4.69, 9.17) is 24.3 Å². The van der Waals surface area contributed by atoms with Crippen molar-refractivity contribution < 1.29 is 19.0 Å². The smallest absolute Gasteiger partial charge is 0.282 e. The third-order valence-corrected chi connectivity index (χ3v) is 7.74. The summed E-state index contributed by atoms with van der Waals surface area (Å²) in [4.78, 5) is 31.5. The summed E-state index contributed by atoms with van der Waals surface area (Å²) in [6.45, 7) is 12.4. The largest absolute Gasteiger partial charge is 0.494 e. The average Bonchev–Trinajstić information content (AvgIpc) is 3.08. The monoisotopic (exact) mass is 644 g/mol. The number of ether oxygens (including phenoxy) is 3. The van der Waals surface area contributed by atoms with Crippen molar-refractivity contribution in [3.8, 4) is 28.6 Å². The van der Waals surface area contributed by atoms with Gasteiger partial charge in [-0.1, -0.05) is 50.3 Å². The maximum atomic E-state index is 14.0. The molecule has 0 radical (unpaired) electrons. The van der Waals surface area contributed by atoms with Crippen LogP contribution in [0.25, 0.3) is 22.3 Å². The first kappa shape index (κ1) is 33.7. The molecule has 1 heterocycles. The number of amides is 1. The number of methoxy groups -OCH3 is 1. The quantitative estimate of drug-likeness (QED) is 0.105. The third-order valence-electron chi connectivity index (χ3n) is 7.74. The second-order valence-corrected chi connectivity index (χ2v) is 11.5. The Balaban J connectivity index is 1.56. The number of para-hydroxylation sites is 2. The van der Waals surface area contributed by atoms with Crippen LogP contribution in [0.3, 0.4) is 0 Å². The van der Waals surface area contributed by atoms with Crippen LogP contribution in [0.1, 0.15) is 48.9 Å². The first-order valence-corrected chi connectivity index (χ1v) is 15.9. The molecule has 0 spiro atoms. The van der Waals surface area contributed by atoms with Gasteiger partial charge in [0.2, 0.25) is 0 Å². The zero-order chi connectivity index (χ0) is 34.2. The molecule has 0 saturated heterocycles. The summed E-state index contributed by atoms with van der Waals surface area (Å²) in [7, 11) is 1.53. The van der Waals surface area contributed by atoms with Gasteiger partial charge in [0.25, 0.3) is 11.5 Å². The lowest BCUT2D eigenvalue weighted by Gasteiger charge is -2.18. The molecule has 1 aromatic heterocycles. The maximum absolute atomic E-state index is 14.0. The number of nitrogens with zero attached hydrogens (tertiary/aromatic N) is 3. The van der Waals surface area contributed by atoms with E-state index in [-0.39, 0.29) is 24.0 Å². The van der Waals surface area contributed by atoms with Gasteiger partial charge in [-0.2, -0.15) is 9.78 Å². The summed E-state index contributed by atoms with van der Waals surface area (Å²) in [5.41, 5.74) is 5.06. The lowest BCUT2D eigenvalue weighted by molar-refractivity contribution is -0.118. The van der Waals surface area contributed by atoms with Gasteiger partial charge in [-0.05, 0) is 91.4 Å². The van der Waals surface area contributed by atoms with E-state index in [2.05, 4.69) is 25.7 Å². The molecule has 1 N–H and O–H groups in total. The van der Waals surface area contributed by atoms with Gasteiger partial charge >= 0.3 is 0 Å². The molecule has 9 heteroatoms. The number of hydrogen-bond donors (Lipinski definition) is 1. The minimum absolute atomic E-state index is 0.177. The van der Waals surface area contributed by atoms with Crippen molar-refractivity contribution in [2.75, 3.05) is 25.6 Å². The first-order valence-electron chi connectivity index (χ1n) is 15.9. The predicted octanol–water partition coefficient (Wildman–Crippen LogP) is 7.53. The molecule has 1 amide bonds. The van der Waals surface area contributed by atoms with E-state index in [0.29, 0.717) is 52.5 Å². The Hall–Kier alpha value is -5.70. The summed E-state index contributed by atoms with van der Waals surface area (Å²) in [6.07, 6.45) is 3.78. The minimum atomic E-state index is -0.306. The van der Waals surface area contributed by atoms with Crippen molar-refractivity contribution >= 4 is 28.7 Å². The SMILES string of the molecule is C=CCc1cc(C=Nn2c(-c3cc(C(C)C)c(OCC)cc3C)nc3ccccc3c2=O)cc(OC)c1OCC(=O)Nc1ccccc1. The number of carbonyl (C=O) groups is 1. The summed E-state index contributed by atoms with van der Waals surface area (Å²) < 4.78 is 19.0. The van der Waals surface area contributed by atoms with Crippen LogP contribution < -0.4 is 25.1 Å². The third kappa shape index (κ3) is 7.47. The fraction of sp³-hybridized carbons (Fsp3) is 0.231. The number of carbonyl (C=O) groups excluding carboxylic acids is 1. The molecule has 5 rings (SSSR count). The van der Waals surface area contributed by atoms with Gasteiger partial charge in [-0.25, -0.2) is 4.98 Å². The van der Waals surface area contributed by atoms with Crippen LogP contribution in [-0.4, -0.2) is 42.1 Å². The van der Waals surface area contributed by atoms with E-state index in [1.807, 2.05) is 68.4 Å². The number of anilines is 1. The van der Waals surface area contributed by atoms with E-state index < -0.39 is 0 Å². The van der Waals surface area contributed by atoms with Gasteiger partial charge < -0.3 is 19.5 Å². The fourth-order valence-electron chi connectivity index (χ4n) is 5.44.